The van der Waals surface area contributed by atoms with Crippen LogP contribution < -0.4 is 14.4 Å². The van der Waals surface area contributed by atoms with Gasteiger partial charge in [-0.15, -0.1) is 0 Å². The molecule has 0 saturated carbocycles. The number of hydrogen-bond donors (Lipinski definition) is 1. The van der Waals surface area contributed by atoms with Gasteiger partial charge in [0.15, 0.2) is 5.75 Å². The molecule has 0 heterocycles. The molecule has 1 N–H and O–H groups in total. The summed E-state index contributed by atoms with van der Waals surface area (Å²) in [6.07, 6.45) is 11.9. The minimum absolute atomic E-state index is 0.123. The van der Waals surface area contributed by atoms with E-state index in [0.29, 0.717) is 32.0 Å². The summed E-state index contributed by atoms with van der Waals surface area (Å²) in [5, 5.41) is 20.2. The van der Waals surface area contributed by atoms with Gasteiger partial charge in [-0.1, -0.05) is 61.7 Å². The topological polar surface area (TPSA) is 170 Å². The van der Waals surface area contributed by atoms with E-state index in [1.54, 1.807) is 24.4 Å². The first-order valence-electron chi connectivity index (χ1n) is 21.7. The van der Waals surface area contributed by atoms with Crippen molar-refractivity contribution >= 4 is 41.1 Å². The number of methoxy groups -OCH3 is 1. The lowest BCUT2D eigenvalue weighted by Gasteiger charge is -2.16. The molecule has 0 radical (unpaired) electrons. The number of nitrogens with zero attached hydrogens (tertiary/aromatic N) is 2. The molecule has 0 aromatic heterocycles. The molecule has 0 amide bonds. The van der Waals surface area contributed by atoms with Crippen LogP contribution in [0.2, 0.25) is 0 Å². The number of fused-ring (bicyclic) bond motifs is 1. The van der Waals surface area contributed by atoms with E-state index in [4.69, 9.17) is 38.3 Å². The number of hydrogen-bond acceptors (Lipinski definition) is 14. The van der Waals surface area contributed by atoms with Crippen LogP contribution in [-0.2, 0) is 40.2 Å². The van der Waals surface area contributed by atoms with Crippen LogP contribution in [0.5, 0.6) is 17.2 Å². The second-order valence-corrected chi connectivity index (χ2v) is 14.9. The van der Waals surface area contributed by atoms with Crippen LogP contribution in [0.1, 0.15) is 95.6 Å². The molecular formula is C52H56N2O12. The second kappa shape index (κ2) is 27.9. The molecule has 346 valence electrons. The molecule has 5 rings (SSSR count). The van der Waals surface area contributed by atoms with Gasteiger partial charge in [0, 0.05) is 12.2 Å². The zero-order valence-corrected chi connectivity index (χ0v) is 37.1. The third kappa shape index (κ3) is 16.8. The maximum absolute atomic E-state index is 12.6. The first-order chi connectivity index (χ1) is 32.3. The number of rotatable bonds is 29. The maximum atomic E-state index is 12.6. The third-order valence-electron chi connectivity index (χ3n) is 10.1. The second-order valence-electron chi connectivity index (χ2n) is 14.9. The number of carbonyl (C=O) groups excluding carboxylic acids is 3. The highest BCUT2D eigenvalue weighted by Gasteiger charge is 2.17. The monoisotopic (exact) mass is 900 g/mol. The van der Waals surface area contributed by atoms with Crippen LogP contribution in [-0.4, -0.2) is 69.1 Å². The highest BCUT2D eigenvalue weighted by Crippen LogP contribution is 2.30. The molecule has 5 aromatic rings. The molecule has 14 nitrogen and oxygen atoms in total. The average Bonchev–Trinajstić information content (AvgIpc) is 3.35. The van der Waals surface area contributed by atoms with Crippen LogP contribution in [0, 0.1) is 0 Å². The standard InChI is InChI=1S/C52H56N2O12/c1-4-49(55)62-30-12-8-6-10-28-60-45-23-15-38(16-24-45)37-64-66-48-27-17-40(33-47(48)52(57)59-3)36-54-53-35-39-14-18-43-34-44(20-19-42(43)32-39)51(65-58)41-21-25-46(26-22-41)61-29-11-7-9-13-31-63-50(56)5-2/h4-5,14-27,32-36,51,58H,1-2,6-13,28-31,37H2,3H3/b53-35-,54-36-. The predicted octanol–water partition coefficient (Wildman–Crippen LogP) is 10.5. The van der Waals surface area contributed by atoms with Crippen LogP contribution in [0.4, 0.5) is 0 Å². The minimum atomic E-state index is -0.699. The van der Waals surface area contributed by atoms with Gasteiger partial charge in [-0.05, 0) is 145 Å². The molecule has 0 bridgehead atoms. The molecule has 1 unspecified atom stereocenters. The third-order valence-corrected chi connectivity index (χ3v) is 10.1. The number of benzene rings is 5. The van der Waals surface area contributed by atoms with E-state index in [0.717, 1.165) is 108 Å². The van der Waals surface area contributed by atoms with E-state index in [2.05, 4.69) is 23.4 Å². The van der Waals surface area contributed by atoms with Crippen molar-refractivity contribution in [2.45, 2.75) is 64.1 Å². The smallest absolute Gasteiger partial charge is 0.341 e. The summed E-state index contributed by atoms with van der Waals surface area (Å²) in [5.41, 5.74) is 3.94. The van der Waals surface area contributed by atoms with Crippen molar-refractivity contribution in [3.63, 3.8) is 0 Å². The number of esters is 3. The molecule has 0 aliphatic rings. The normalized spacial score (nSPS) is 11.6. The van der Waals surface area contributed by atoms with Crippen molar-refractivity contribution in [3.8, 4) is 17.2 Å². The van der Waals surface area contributed by atoms with E-state index < -0.39 is 24.0 Å². The molecule has 66 heavy (non-hydrogen) atoms. The summed E-state index contributed by atoms with van der Waals surface area (Å²) in [7, 11) is 1.28. The fourth-order valence-corrected chi connectivity index (χ4v) is 6.55. The maximum Gasteiger partial charge on any atom is 0.341 e. The van der Waals surface area contributed by atoms with Gasteiger partial charge < -0.3 is 28.6 Å². The highest BCUT2D eigenvalue weighted by atomic mass is 17.2. The highest BCUT2D eigenvalue weighted by molar-refractivity contribution is 5.95. The van der Waals surface area contributed by atoms with E-state index in [-0.39, 0.29) is 17.9 Å². The van der Waals surface area contributed by atoms with Gasteiger partial charge in [0.1, 0.15) is 29.8 Å². The Bertz CT molecular complexity index is 2400. The Morgan fingerprint density at radius 3 is 1.70 bits per heavy atom. The van der Waals surface area contributed by atoms with Crippen molar-refractivity contribution in [2.24, 2.45) is 10.2 Å². The van der Waals surface area contributed by atoms with Gasteiger partial charge in [-0.2, -0.15) is 15.1 Å². The molecule has 1 atom stereocenters. The minimum Gasteiger partial charge on any atom is -0.494 e. The molecule has 0 aliphatic carbocycles. The van der Waals surface area contributed by atoms with Gasteiger partial charge >= 0.3 is 17.9 Å². The van der Waals surface area contributed by atoms with Crippen molar-refractivity contribution in [2.75, 3.05) is 33.5 Å². The molecule has 0 fully saturated rings. The molecule has 5 aromatic carbocycles. The van der Waals surface area contributed by atoms with Gasteiger partial charge in [-0.25, -0.2) is 19.3 Å². The zero-order valence-electron chi connectivity index (χ0n) is 37.1. The first kappa shape index (κ1) is 49.9. The summed E-state index contributed by atoms with van der Waals surface area (Å²) >= 11 is 0. The first-order valence-corrected chi connectivity index (χ1v) is 21.7. The summed E-state index contributed by atoms with van der Waals surface area (Å²) in [4.78, 5) is 50.7. The van der Waals surface area contributed by atoms with Crippen LogP contribution in [0.25, 0.3) is 10.8 Å². The summed E-state index contributed by atoms with van der Waals surface area (Å²) in [5.74, 6) is 0.233. The largest absolute Gasteiger partial charge is 0.494 e. The predicted molar refractivity (Wildman–Crippen MR) is 251 cm³/mol. The van der Waals surface area contributed by atoms with E-state index in [1.807, 2.05) is 84.9 Å². The lowest BCUT2D eigenvalue weighted by molar-refractivity contribution is -0.270. The lowest BCUT2D eigenvalue weighted by Crippen LogP contribution is -2.07. The molecule has 14 heteroatoms. The molecule has 0 spiro atoms. The van der Waals surface area contributed by atoms with Gasteiger partial charge in [-0.3, -0.25) is 5.26 Å². The SMILES string of the molecule is C=CC(=O)OCCCCCCOc1ccc(COOc2ccc(/C=N\N=C/c3ccc4cc(C(OO)c5ccc(OCCCCCCOC(=O)C=C)cc5)ccc4c3)cc2C(=O)OC)cc1. The van der Waals surface area contributed by atoms with Crippen molar-refractivity contribution in [3.05, 3.63) is 162 Å². The fourth-order valence-electron chi connectivity index (χ4n) is 6.55. The molecule has 0 saturated heterocycles. The van der Waals surface area contributed by atoms with Gasteiger partial charge in [0.25, 0.3) is 0 Å². The van der Waals surface area contributed by atoms with Crippen LogP contribution in [0.15, 0.2) is 139 Å². The average molecular weight is 901 g/mol. The Morgan fingerprint density at radius 2 is 1.12 bits per heavy atom. The summed E-state index contributed by atoms with van der Waals surface area (Å²) in [6.45, 7) is 8.81. The Balaban J connectivity index is 1.06. The molecule has 0 aliphatic heterocycles. The van der Waals surface area contributed by atoms with Gasteiger partial charge in [0.05, 0.1) is 46.0 Å². The Hall–Kier alpha value is -7.13. The zero-order chi connectivity index (χ0) is 46.8. The quantitative estimate of drug-likeness (QED) is 0.00918. The van der Waals surface area contributed by atoms with Crippen molar-refractivity contribution in [1.29, 1.82) is 0 Å². The number of ether oxygens (including phenoxy) is 5. The summed E-state index contributed by atoms with van der Waals surface area (Å²) in [6, 6.07) is 31.4. The van der Waals surface area contributed by atoms with Crippen LogP contribution in [0.3, 0.4) is 0 Å². The van der Waals surface area contributed by atoms with E-state index in [9.17, 15) is 19.6 Å². The van der Waals surface area contributed by atoms with Crippen molar-refractivity contribution in [1.82, 2.24) is 0 Å². The molecular weight excluding hydrogens is 845 g/mol. The van der Waals surface area contributed by atoms with E-state index >= 15 is 0 Å². The van der Waals surface area contributed by atoms with Gasteiger partial charge in [0.2, 0.25) is 0 Å². The van der Waals surface area contributed by atoms with E-state index in [1.165, 1.54) is 13.3 Å². The Morgan fingerprint density at radius 1 is 0.606 bits per heavy atom. The van der Waals surface area contributed by atoms with Crippen LogP contribution >= 0.6 is 0 Å². The lowest BCUT2D eigenvalue weighted by atomic mass is 9.97. The summed E-state index contributed by atoms with van der Waals surface area (Å²) < 4.78 is 26.6. The number of unbranched alkanes of at least 4 members (excludes halogenated alkanes) is 6. The number of carbonyl (C=O) groups is 3. The van der Waals surface area contributed by atoms with Crippen molar-refractivity contribution < 1.29 is 58.0 Å². The Labute approximate surface area is 384 Å². The fraction of sp³-hybridized carbons (Fsp3) is 0.288. The Kier molecular flexibility index (Phi) is 21.1.